The van der Waals surface area contributed by atoms with Gasteiger partial charge in [-0.2, -0.15) is 0 Å². The molecule has 0 aromatic heterocycles. The Morgan fingerprint density at radius 2 is 1.53 bits per heavy atom. The molecule has 0 radical (unpaired) electrons. The number of ether oxygens (including phenoxy) is 1. The van der Waals surface area contributed by atoms with Gasteiger partial charge in [-0.15, -0.1) is 0 Å². The molecule has 0 fully saturated rings. The van der Waals surface area contributed by atoms with E-state index in [0.717, 1.165) is 19.5 Å². The smallest absolute Gasteiger partial charge is 0.0562 e. The van der Waals surface area contributed by atoms with Gasteiger partial charge in [-0.1, -0.05) is 39.5 Å². The monoisotopic (exact) mass is 243 g/mol. The number of nitrogens with one attached hydrogen (secondary N) is 1. The van der Waals surface area contributed by atoms with Gasteiger partial charge in [0.25, 0.3) is 0 Å². The summed E-state index contributed by atoms with van der Waals surface area (Å²) in [4.78, 5) is 0. The van der Waals surface area contributed by atoms with Gasteiger partial charge in [-0.25, -0.2) is 0 Å². The molecule has 0 aliphatic rings. The summed E-state index contributed by atoms with van der Waals surface area (Å²) < 4.78 is 5.97. The molecule has 0 aliphatic heterocycles. The van der Waals surface area contributed by atoms with E-state index in [1.165, 1.54) is 38.5 Å². The first-order valence-corrected chi connectivity index (χ1v) is 7.56. The largest absolute Gasteiger partial charge is 0.376 e. The molecule has 0 aromatic carbocycles. The van der Waals surface area contributed by atoms with Crippen molar-refractivity contribution in [2.24, 2.45) is 0 Å². The molecule has 17 heavy (non-hydrogen) atoms. The molecule has 0 saturated carbocycles. The fraction of sp³-hybridized carbons (Fsp3) is 1.00. The number of hydrogen-bond donors (Lipinski definition) is 1. The summed E-state index contributed by atoms with van der Waals surface area (Å²) in [7, 11) is 0. The second-order valence-electron chi connectivity index (χ2n) is 5.15. The molecule has 0 spiro atoms. The Hall–Kier alpha value is -0.0800. The summed E-state index contributed by atoms with van der Waals surface area (Å²) in [5.41, 5.74) is 0. The van der Waals surface area contributed by atoms with E-state index >= 15 is 0 Å². The predicted octanol–water partition coefficient (Wildman–Crippen LogP) is 4.14. The maximum Gasteiger partial charge on any atom is 0.0562 e. The summed E-state index contributed by atoms with van der Waals surface area (Å²) in [6.45, 7) is 11.1. The average Bonchev–Trinajstić information content (AvgIpc) is 2.30. The zero-order valence-electron chi connectivity index (χ0n) is 12.4. The van der Waals surface area contributed by atoms with Gasteiger partial charge in [0.1, 0.15) is 0 Å². The second kappa shape index (κ2) is 12.4. The van der Waals surface area contributed by atoms with Crippen LogP contribution in [-0.2, 0) is 4.74 Å². The van der Waals surface area contributed by atoms with Crippen molar-refractivity contribution in [1.29, 1.82) is 0 Å². The maximum absolute atomic E-state index is 5.97. The van der Waals surface area contributed by atoms with Gasteiger partial charge < -0.3 is 10.1 Å². The van der Waals surface area contributed by atoms with Crippen LogP contribution in [-0.4, -0.2) is 25.3 Å². The van der Waals surface area contributed by atoms with E-state index in [4.69, 9.17) is 4.74 Å². The van der Waals surface area contributed by atoms with Crippen LogP contribution in [0.15, 0.2) is 0 Å². The van der Waals surface area contributed by atoms with E-state index in [-0.39, 0.29) is 0 Å². The first-order valence-electron chi connectivity index (χ1n) is 7.56. The third-order valence-corrected chi connectivity index (χ3v) is 3.08. The van der Waals surface area contributed by atoms with Crippen LogP contribution in [0.2, 0.25) is 0 Å². The molecule has 0 aliphatic carbocycles. The van der Waals surface area contributed by atoms with Crippen LogP contribution < -0.4 is 5.32 Å². The lowest BCUT2D eigenvalue weighted by molar-refractivity contribution is -0.000789. The van der Waals surface area contributed by atoms with Crippen molar-refractivity contribution in [3.05, 3.63) is 0 Å². The molecule has 0 saturated heterocycles. The van der Waals surface area contributed by atoms with Crippen LogP contribution in [0.25, 0.3) is 0 Å². The molecule has 104 valence electrons. The lowest BCUT2D eigenvalue weighted by Crippen LogP contribution is -2.24. The zero-order valence-corrected chi connectivity index (χ0v) is 12.4. The van der Waals surface area contributed by atoms with Crippen LogP contribution in [0, 0.1) is 0 Å². The maximum atomic E-state index is 5.97. The highest BCUT2D eigenvalue weighted by atomic mass is 16.5. The van der Waals surface area contributed by atoms with Gasteiger partial charge in [0.15, 0.2) is 0 Å². The predicted molar refractivity (Wildman–Crippen MR) is 76.5 cm³/mol. The molecular formula is C15H33NO. The number of rotatable bonds is 12. The van der Waals surface area contributed by atoms with Crippen LogP contribution in [0.3, 0.4) is 0 Å². The first kappa shape index (κ1) is 16.9. The fourth-order valence-electron chi connectivity index (χ4n) is 2.00. The second-order valence-corrected chi connectivity index (χ2v) is 5.15. The Kier molecular flexibility index (Phi) is 12.3. The van der Waals surface area contributed by atoms with E-state index in [1.807, 2.05) is 0 Å². The third-order valence-electron chi connectivity index (χ3n) is 3.08. The SMILES string of the molecule is CCCCCCC(C)OC(C)CCNCCC. The van der Waals surface area contributed by atoms with Gasteiger partial charge >= 0.3 is 0 Å². The van der Waals surface area contributed by atoms with Crippen molar-refractivity contribution in [2.75, 3.05) is 13.1 Å². The molecule has 2 unspecified atom stereocenters. The third kappa shape index (κ3) is 12.2. The Bertz CT molecular complexity index is 134. The zero-order chi connectivity index (χ0) is 12.9. The molecule has 1 N–H and O–H groups in total. The number of hydrogen-bond acceptors (Lipinski definition) is 2. The standard InChI is InChI=1S/C15H33NO/c1-5-7-8-9-10-14(3)17-15(4)11-13-16-12-6-2/h14-16H,5-13H2,1-4H3. The molecule has 2 nitrogen and oxygen atoms in total. The molecule has 2 atom stereocenters. The quantitative estimate of drug-likeness (QED) is 0.520. The van der Waals surface area contributed by atoms with Crippen molar-refractivity contribution in [2.45, 2.75) is 84.8 Å². The minimum atomic E-state index is 0.389. The Morgan fingerprint density at radius 1 is 0.824 bits per heavy atom. The lowest BCUT2D eigenvalue weighted by atomic mass is 10.1. The van der Waals surface area contributed by atoms with Crippen molar-refractivity contribution in [1.82, 2.24) is 5.32 Å². The van der Waals surface area contributed by atoms with E-state index in [0.29, 0.717) is 12.2 Å². The van der Waals surface area contributed by atoms with Crippen molar-refractivity contribution < 1.29 is 4.74 Å². The van der Waals surface area contributed by atoms with Gasteiger partial charge in [0, 0.05) is 0 Å². The summed E-state index contributed by atoms with van der Waals surface area (Å²) in [6.07, 6.45) is 9.72. The topological polar surface area (TPSA) is 21.3 Å². The molecule has 0 rings (SSSR count). The van der Waals surface area contributed by atoms with Crippen molar-refractivity contribution >= 4 is 0 Å². The molecule has 0 bridgehead atoms. The van der Waals surface area contributed by atoms with Gasteiger partial charge in [-0.05, 0) is 46.2 Å². The Labute approximate surface area is 109 Å². The van der Waals surface area contributed by atoms with E-state index in [1.54, 1.807) is 0 Å². The van der Waals surface area contributed by atoms with Crippen LogP contribution in [0.4, 0.5) is 0 Å². The van der Waals surface area contributed by atoms with Gasteiger partial charge in [0.2, 0.25) is 0 Å². The van der Waals surface area contributed by atoms with Crippen molar-refractivity contribution in [3.63, 3.8) is 0 Å². The first-order chi connectivity index (χ1) is 8.20. The Morgan fingerprint density at radius 3 is 2.18 bits per heavy atom. The minimum absolute atomic E-state index is 0.389. The molecule has 0 aromatic rings. The van der Waals surface area contributed by atoms with E-state index in [9.17, 15) is 0 Å². The highest BCUT2D eigenvalue weighted by Crippen LogP contribution is 2.10. The van der Waals surface area contributed by atoms with Gasteiger partial charge in [0.05, 0.1) is 12.2 Å². The lowest BCUT2D eigenvalue weighted by Gasteiger charge is -2.19. The molecule has 0 heterocycles. The Balaban J connectivity index is 3.35. The summed E-state index contributed by atoms with van der Waals surface area (Å²) >= 11 is 0. The molecule has 0 amide bonds. The summed E-state index contributed by atoms with van der Waals surface area (Å²) in [6, 6.07) is 0. The van der Waals surface area contributed by atoms with E-state index < -0.39 is 0 Å². The van der Waals surface area contributed by atoms with Crippen molar-refractivity contribution in [3.8, 4) is 0 Å². The summed E-state index contributed by atoms with van der Waals surface area (Å²) in [5.74, 6) is 0. The van der Waals surface area contributed by atoms with Crippen LogP contribution in [0.5, 0.6) is 0 Å². The molecular weight excluding hydrogens is 210 g/mol. The van der Waals surface area contributed by atoms with E-state index in [2.05, 4.69) is 33.0 Å². The van der Waals surface area contributed by atoms with Crippen LogP contribution in [0.1, 0.15) is 72.6 Å². The average molecular weight is 243 g/mol. The normalized spacial score (nSPS) is 14.8. The highest BCUT2D eigenvalue weighted by molar-refractivity contribution is 4.58. The number of unbranched alkanes of at least 4 members (excludes halogenated alkanes) is 3. The fourth-order valence-corrected chi connectivity index (χ4v) is 2.00. The minimum Gasteiger partial charge on any atom is -0.376 e. The highest BCUT2D eigenvalue weighted by Gasteiger charge is 2.07. The van der Waals surface area contributed by atoms with Gasteiger partial charge in [-0.3, -0.25) is 0 Å². The van der Waals surface area contributed by atoms with Crippen LogP contribution >= 0.6 is 0 Å². The molecule has 2 heteroatoms. The summed E-state index contributed by atoms with van der Waals surface area (Å²) in [5, 5.41) is 3.42.